The third-order valence-corrected chi connectivity index (χ3v) is 5.91. The van der Waals surface area contributed by atoms with Crippen LogP contribution < -0.4 is 5.32 Å². The van der Waals surface area contributed by atoms with Crippen LogP contribution in [0.15, 0.2) is 30.3 Å². The third-order valence-electron chi connectivity index (χ3n) is 5.91. The standard InChI is InChI=1S/C23H30F3N3O/c1-4-15(3)16-6-8-17(9-7-16)19(5-2)27-22(30)12-13-29-20(18-10-11-18)14-21(28-29)23(24,25)26/h6-9,14-15,18-19H,4-5,10-13H2,1-3H3,(H,27,30). The van der Waals surface area contributed by atoms with Crippen LogP contribution in [-0.4, -0.2) is 15.7 Å². The molecule has 1 amide bonds. The largest absolute Gasteiger partial charge is 0.435 e. The summed E-state index contributed by atoms with van der Waals surface area (Å²) < 4.78 is 40.4. The van der Waals surface area contributed by atoms with Crippen molar-refractivity contribution in [2.24, 2.45) is 0 Å². The molecule has 0 radical (unpaired) electrons. The van der Waals surface area contributed by atoms with E-state index in [0.29, 0.717) is 11.6 Å². The van der Waals surface area contributed by atoms with E-state index in [2.05, 4.69) is 36.4 Å². The molecule has 1 fully saturated rings. The molecule has 2 atom stereocenters. The third kappa shape index (κ3) is 5.43. The first-order valence-corrected chi connectivity index (χ1v) is 10.8. The molecule has 1 aromatic heterocycles. The van der Waals surface area contributed by atoms with Crippen LogP contribution in [0.2, 0.25) is 0 Å². The van der Waals surface area contributed by atoms with Crippen LogP contribution >= 0.6 is 0 Å². The number of alkyl halides is 3. The monoisotopic (exact) mass is 421 g/mol. The lowest BCUT2D eigenvalue weighted by Crippen LogP contribution is -2.29. The average molecular weight is 422 g/mol. The van der Waals surface area contributed by atoms with Crippen LogP contribution in [0.25, 0.3) is 0 Å². The average Bonchev–Trinajstić information content (AvgIpc) is 3.47. The first kappa shape index (κ1) is 22.4. The number of nitrogens with zero attached hydrogens (tertiary/aromatic N) is 2. The van der Waals surface area contributed by atoms with E-state index in [1.165, 1.54) is 10.2 Å². The summed E-state index contributed by atoms with van der Waals surface area (Å²) in [5, 5.41) is 6.73. The van der Waals surface area contributed by atoms with Crippen molar-refractivity contribution in [3.05, 3.63) is 52.8 Å². The van der Waals surface area contributed by atoms with Crippen molar-refractivity contribution in [2.75, 3.05) is 0 Å². The second kappa shape index (κ2) is 9.23. The topological polar surface area (TPSA) is 46.9 Å². The minimum absolute atomic E-state index is 0.0974. The molecule has 4 nitrogen and oxygen atoms in total. The number of carbonyl (C=O) groups excluding carboxylic acids is 1. The molecule has 1 saturated carbocycles. The Kier molecular flexibility index (Phi) is 6.88. The number of nitrogens with one attached hydrogen (secondary N) is 1. The zero-order chi connectivity index (χ0) is 21.9. The van der Waals surface area contributed by atoms with Crippen LogP contribution in [0.1, 0.15) is 93.3 Å². The van der Waals surface area contributed by atoms with Crippen molar-refractivity contribution in [3.63, 3.8) is 0 Å². The molecule has 7 heteroatoms. The number of halogens is 3. The Labute approximate surface area is 175 Å². The lowest BCUT2D eigenvalue weighted by molar-refractivity contribution is -0.141. The zero-order valence-electron chi connectivity index (χ0n) is 17.8. The Balaban J connectivity index is 1.61. The van der Waals surface area contributed by atoms with E-state index < -0.39 is 11.9 Å². The zero-order valence-corrected chi connectivity index (χ0v) is 17.8. The normalized spacial score (nSPS) is 16.3. The van der Waals surface area contributed by atoms with Gasteiger partial charge in [-0.15, -0.1) is 0 Å². The summed E-state index contributed by atoms with van der Waals surface area (Å²) in [7, 11) is 0. The fraction of sp³-hybridized carbons (Fsp3) is 0.565. The van der Waals surface area contributed by atoms with Crippen LogP contribution in [-0.2, 0) is 17.5 Å². The molecule has 0 spiro atoms. The van der Waals surface area contributed by atoms with Crippen LogP contribution in [0.5, 0.6) is 0 Å². The molecule has 2 aromatic rings. The SMILES string of the molecule is CCC(C)c1ccc(C(CC)NC(=O)CCn2nc(C(F)(F)F)cc2C2CC2)cc1. The van der Waals surface area contributed by atoms with E-state index in [4.69, 9.17) is 0 Å². The predicted molar refractivity (Wildman–Crippen MR) is 110 cm³/mol. The molecule has 1 aliphatic rings. The Morgan fingerprint density at radius 2 is 1.80 bits per heavy atom. The Hall–Kier alpha value is -2.31. The summed E-state index contributed by atoms with van der Waals surface area (Å²) in [5.74, 6) is 0.438. The highest BCUT2D eigenvalue weighted by Gasteiger charge is 2.37. The maximum atomic E-state index is 13.0. The lowest BCUT2D eigenvalue weighted by Gasteiger charge is -2.19. The Morgan fingerprint density at radius 3 is 2.33 bits per heavy atom. The molecule has 0 bridgehead atoms. The predicted octanol–water partition coefficient (Wildman–Crippen LogP) is 5.95. The minimum Gasteiger partial charge on any atom is -0.349 e. The molecule has 1 heterocycles. The second-order valence-corrected chi connectivity index (χ2v) is 8.20. The van der Waals surface area contributed by atoms with Gasteiger partial charge in [0.15, 0.2) is 5.69 Å². The molecule has 0 saturated heterocycles. The summed E-state index contributed by atoms with van der Waals surface area (Å²) in [6.45, 7) is 6.49. The van der Waals surface area contributed by atoms with E-state index in [1.54, 1.807) is 0 Å². The smallest absolute Gasteiger partial charge is 0.349 e. The number of hydrogen-bond donors (Lipinski definition) is 1. The first-order chi connectivity index (χ1) is 14.2. The van der Waals surface area contributed by atoms with Gasteiger partial charge in [0, 0.05) is 24.6 Å². The summed E-state index contributed by atoms with van der Waals surface area (Å²) in [4.78, 5) is 12.5. The highest BCUT2D eigenvalue weighted by atomic mass is 19.4. The molecule has 1 aliphatic carbocycles. The summed E-state index contributed by atoms with van der Waals surface area (Å²) in [6.07, 6.45) is -0.813. The van der Waals surface area contributed by atoms with E-state index in [1.807, 2.05) is 19.1 Å². The van der Waals surface area contributed by atoms with Crippen molar-refractivity contribution >= 4 is 5.91 Å². The van der Waals surface area contributed by atoms with Gasteiger partial charge in [0.05, 0.1) is 6.04 Å². The van der Waals surface area contributed by atoms with Gasteiger partial charge < -0.3 is 5.32 Å². The molecule has 1 N–H and O–H groups in total. The van der Waals surface area contributed by atoms with Crippen molar-refractivity contribution in [3.8, 4) is 0 Å². The van der Waals surface area contributed by atoms with E-state index in [-0.39, 0.29) is 30.8 Å². The molecular formula is C23H30F3N3O. The quantitative estimate of drug-likeness (QED) is 0.544. The molecule has 3 rings (SSSR count). The van der Waals surface area contributed by atoms with Gasteiger partial charge in [-0.1, -0.05) is 45.0 Å². The fourth-order valence-corrected chi connectivity index (χ4v) is 3.64. The fourth-order valence-electron chi connectivity index (χ4n) is 3.64. The van der Waals surface area contributed by atoms with Crippen molar-refractivity contribution in [1.29, 1.82) is 0 Å². The van der Waals surface area contributed by atoms with E-state index in [0.717, 1.165) is 37.3 Å². The highest BCUT2D eigenvalue weighted by molar-refractivity contribution is 5.76. The van der Waals surface area contributed by atoms with Gasteiger partial charge in [-0.3, -0.25) is 9.48 Å². The van der Waals surface area contributed by atoms with Crippen molar-refractivity contribution < 1.29 is 18.0 Å². The minimum atomic E-state index is -4.47. The molecule has 2 unspecified atom stereocenters. The van der Waals surface area contributed by atoms with Crippen molar-refractivity contribution in [1.82, 2.24) is 15.1 Å². The van der Waals surface area contributed by atoms with Gasteiger partial charge in [0.1, 0.15) is 0 Å². The van der Waals surface area contributed by atoms with Gasteiger partial charge >= 0.3 is 6.18 Å². The summed E-state index contributed by atoms with van der Waals surface area (Å²) >= 11 is 0. The van der Waals surface area contributed by atoms with Gasteiger partial charge in [-0.05, 0) is 48.8 Å². The molecular weight excluding hydrogens is 391 g/mol. The molecule has 30 heavy (non-hydrogen) atoms. The lowest BCUT2D eigenvalue weighted by atomic mass is 9.95. The molecule has 164 valence electrons. The number of benzene rings is 1. The number of hydrogen-bond acceptors (Lipinski definition) is 2. The van der Waals surface area contributed by atoms with Gasteiger partial charge in [-0.2, -0.15) is 18.3 Å². The van der Waals surface area contributed by atoms with Crippen molar-refractivity contribution in [2.45, 2.75) is 83.5 Å². The maximum Gasteiger partial charge on any atom is 0.435 e. The first-order valence-electron chi connectivity index (χ1n) is 10.8. The maximum absolute atomic E-state index is 13.0. The van der Waals surface area contributed by atoms with E-state index in [9.17, 15) is 18.0 Å². The van der Waals surface area contributed by atoms with Gasteiger partial charge in [0.2, 0.25) is 5.91 Å². The highest BCUT2D eigenvalue weighted by Crippen LogP contribution is 2.42. The van der Waals surface area contributed by atoms with Crippen LogP contribution in [0, 0.1) is 0 Å². The second-order valence-electron chi connectivity index (χ2n) is 8.20. The number of aryl methyl sites for hydroxylation is 1. The van der Waals surface area contributed by atoms with Crippen LogP contribution in [0.3, 0.4) is 0 Å². The van der Waals surface area contributed by atoms with Crippen LogP contribution in [0.4, 0.5) is 13.2 Å². The molecule has 0 aliphatic heterocycles. The van der Waals surface area contributed by atoms with Gasteiger partial charge in [0.25, 0.3) is 0 Å². The Morgan fingerprint density at radius 1 is 1.17 bits per heavy atom. The summed E-state index contributed by atoms with van der Waals surface area (Å²) in [6, 6.07) is 9.30. The number of carbonyl (C=O) groups is 1. The number of amides is 1. The Bertz CT molecular complexity index is 854. The van der Waals surface area contributed by atoms with E-state index >= 15 is 0 Å². The number of aromatic nitrogens is 2. The van der Waals surface area contributed by atoms with Gasteiger partial charge in [-0.25, -0.2) is 0 Å². The summed E-state index contributed by atoms with van der Waals surface area (Å²) in [5.41, 5.74) is 2.02. The molecule has 1 aromatic carbocycles. The number of rotatable bonds is 9.